The van der Waals surface area contributed by atoms with Crippen LogP contribution in [-0.4, -0.2) is 26.3 Å². The summed E-state index contributed by atoms with van der Waals surface area (Å²) in [6, 6.07) is 10.6. The molecule has 6 heteroatoms. The van der Waals surface area contributed by atoms with Gasteiger partial charge in [-0.25, -0.2) is 4.79 Å². The van der Waals surface area contributed by atoms with Crippen molar-refractivity contribution in [3.05, 3.63) is 57.7 Å². The van der Waals surface area contributed by atoms with E-state index in [1.807, 2.05) is 19.9 Å². The van der Waals surface area contributed by atoms with Crippen LogP contribution in [0.2, 0.25) is 0 Å². The van der Waals surface area contributed by atoms with E-state index in [1.54, 1.807) is 44.4 Å². The smallest absolute Gasteiger partial charge is 0.344 e. The van der Waals surface area contributed by atoms with Crippen molar-refractivity contribution in [2.24, 2.45) is 0 Å². The van der Waals surface area contributed by atoms with Crippen molar-refractivity contribution in [2.75, 3.05) is 20.3 Å². The Morgan fingerprint density at radius 1 is 1.07 bits per heavy atom. The molecule has 3 aromatic rings. The molecule has 1 aromatic heterocycles. The summed E-state index contributed by atoms with van der Waals surface area (Å²) in [5.41, 5.74) is 2.74. The fourth-order valence-corrected chi connectivity index (χ4v) is 2.83. The quantitative estimate of drug-likeness (QED) is 0.599. The summed E-state index contributed by atoms with van der Waals surface area (Å²) in [6.07, 6.45) is 0. The lowest BCUT2D eigenvalue weighted by Gasteiger charge is -2.12. The Balaban J connectivity index is 2.17. The zero-order chi connectivity index (χ0) is 20.3. The third-order valence-electron chi connectivity index (χ3n) is 4.46. The first kappa shape index (κ1) is 19.5. The molecule has 6 nitrogen and oxygen atoms in total. The van der Waals surface area contributed by atoms with Crippen molar-refractivity contribution in [1.29, 1.82) is 0 Å². The van der Waals surface area contributed by atoms with Gasteiger partial charge in [-0.2, -0.15) is 0 Å². The van der Waals surface area contributed by atoms with Gasteiger partial charge in [-0.1, -0.05) is 0 Å². The largest absolute Gasteiger partial charge is 0.497 e. The molecule has 0 spiro atoms. The molecule has 0 fully saturated rings. The minimum absolute atomic E-state index is 0.0195. The van der Waals surface area contributed by atoms with Gasteiger partial charge in [-0.3, -0.25) is 4.79 Å². The van der Waals surface area contributed by atoms with E-state index in [4.69, 9.17) is 18.6 Å². The summed E-state index contributed by atoms with van der Waals surface area (Å²) in [7, 11) is 1.57. The minimum Gasteiger partial charge on any atom is -0.497 e. The topological polar surface area (TPSA) is 75.0 Å². The van der Waals surface area contributed by atoms with Crippen molar-refractivity contribution in [3.63, 3.8) is 0 Å². The Bertz CT molecular complexity index is 1060. The molecule has 146 valence electrons. The zero-order valence-corrected chi connectivity index (χ0v) is 16.3. The molecular formula is C22H22O6. The Kier molecular flexibility index (Phi) is 5.68. The molecule has 0 N–H and O–H groups in total. The van der Waals surface area contributed by atoms with E-state index in [2.05, 4.69) is 0 Å². The lowest BCUT2D eigenvalue weighted by atomic mass is 10.0. The average molecular weight is 382 g/mol. The molecule has 0 atom stereocenters. The third kappa shape index (κ3) is 3.86. The molecular weight excluding hydrogens is 360 g/mol. The van der Waals surface area contributed by atoms with Crippen LogP contribution >= 0.6 is 0 Å². The van der Waals surface area contributed by atoms with Gasteiger partial charge in [-0.15, -0.1) is 0 Å². The molecule has 0 radical (unpaired) electrons. The Morgan fingerprint density at radius 3 is 2.39 bits per heavy atom. The van der Waals surface area contributed by atoms with E-state index in [9.17, 15) is 9.59 Å². The van der Waals surface area contributed by atoms with E-state index in [-0.39, 0.29) is 30.2 Å². The Morgan fingerprint density at radius 2 is 1.75 bits per heavy atom. The zero-order valence-electron chi connectivity index (χ0n) is 16.3. The average Bonchev–Trinajstić information content (AvgIpc) is 2.69. The molecule has 1 heterocycles. The van der Waals surface area contributed by atoms with Gasteiger partial charge in [0, 0.05) is 5.56 Å². The monoisotopic (exact) mass is 382 g/mol. The Hall–Kier alpha value is -3.28. The molecule has 0 bridgehead atoms. The van der Waals surface area contributed by atoms with Crippen LogP contribution in [-0.2, 0) is 9.53 Å². The second-order valence-electron chi connectivity index (χ2n) is 6.34. The van der Waals surface area contributed by atoms with Crippen LogP contribution in [0, 0.1) is 13.8 Å². The maximum absolute atomic E-state index is 13.1. The van der Waals surface area contributed by atoms with Crippen molar-refractivity contribution >= 4 is 16.9 Å². The minimum atomic E-state index is -0.553. The normalized spacial score (nSPS) is 10.7. The van der Waals surface area contributed by atoms with Crippen molar-refractivity contribution in [2.45, 2.75) is 20.8 Å². The molecule has 0 aliphatic heterocycles. The first-order valence-corrected chi connectivity index (χ1v) is 8.95. The van der Waals surface area contributed by atoms with Crippen LogP contribution < -0.4 is 14.9 Å². The van der Waals surface area contributed by atoms with Crippen LogP contribution in [0.5, 0.6) is 11.5 Å². The first-order valence-electron chi connectivity index (χ1n) is 8.95. The summed E-state index contributed by atoms with van der Waals surface area (Å²) in [4.78, 5) is 24.8. The van der Waals surface area contributed by atoms with Gasteiger partial charge in [0.2, 0.25) is 11.2 Å². The van der Waals surface area contributed by atoms with Crippen molar-refractivity contribution in [3.8, 4) is 22.8 Å². The molecule has 0 amide bonds. The number of hydrogen-bond acceptors (Lipinski definition) is 6. The maximum Gasteiger partial charge on any atom is 0.344 e. The Labute approximate surface area is 162 Å². The molecule has 0 saturated heterocycles. The van der Waals surface area contributed by atoms with Gasteiger partial charge in [0.05, 0.1) is 19.1 Å². The molecule has 0 unspecified atom stereocenters. The number of carbonyl (C=O) groups is 1. The standard InChI is InChI=1S/C22H22O6/c1-5-26-19(23)12-27-22-20(24)17-10-13(2)14(3)11-18(17)28-21(22)15-6-8-16(25-4)9-7-15/h6-11H,5,12H2,1-4H3. The van der Waals surface area contributed by atoms with E-state index in [0.29, 0.717) is 22.3 Å². The number of hydrogen-bond donors (Lipinski definition) is 0. The van der Waals surface area contributed by atoms with Crippen LogP contribution in [0.25, 0.3) is 22.3 Å². The van der Waals surface area contributed by atoms with Gasteiger partial charge in [0.1, 0.15) is 11.3 Å². The number of fused-ring (bicyclic) bond motifs is 1. The molecule has 0 saturated carbocycles. The number of esters is 1. The first-order chi connectivity index (χ1) is 13.4. The molecule has 28 heavy (non-hydrogen) atoms. The second kappa shape index (κ2) is 8.17. The number of ether oxygens (including phenoxy) is 3. The van der Waals surface area contributed by atoms with Gasteiger partial charge < -0.3 is 18.6 Å². The molecule has 2 aromatic carbocycles. The van der Waals surface area contributed by atoms with Crippen molar-refractivity contribution < 1.29 is 23.4 Å². The summed E-state index contributed by atoms with van der Waals surface area (Å²) >= 11 is 0. The molecule has 0 aliphatic rings. The number of rotatable bonds is 6. The predicted octanol–water partition coefficient (Wildman–Crippen LogP) is 4.03. The van der Waals surface area contributed by atoms with Gasteiger partial charge in [0.15, 0.2) is 12.4 Å². The highest BCUT2D eigenvalue weighted by molar-refractivity contribution is 5.83. The van der Waals surface area contributed by atoms with Crippen LogP contribution in [0.1, 0.15) is 18.1 Å². The lowest BCUT2D eigenvalue weighted by molar-refractivity contribution is -0.145. The summed E-state index contributed by atoms with van der Waals surface area (Å²) in [6.45, 7) is 5.43. The van der Waals surface area contributed by atoms with Gasteiger partial charge >= 0.3 is 5.97 Å². The highest BCUT2D eigenvalue weighted by atomic mass is 16.6. The summed E-state index contributed by atoms with van der Waals surface area (Å²) in [5, 5.41) is 0.402. The third-order valence-corrected chi connectivity index (χ3v) is 4.46. The SMILES string of the molecule is CCOC(=O)COc1c(-c2ccc(OC)cc2)oc2cc(C)c(C)cc2c1=O. The summed E-state index contributed by atoms with van der Waals surface area (Å²) < 4.78 is 21.7. The number of carbonyl (C=O) groups excluding carboxylic acids is 1. The number of methoxy groups -OCH3 is 1. The van der Waals surface area contributed by atoms with Crippen LogP contribution in [0.3, 0.4) is 0 Å². The van der Waals surface area contributed by atoms with E-state index < -0.39 is 5.97 Å². The van der Waals surface area contributed by atoms with Crippen LogP contribution in [0.15, 0.2) is 45.6 Å². The van der Waals surface area contributed by atoms with Gasteiger partial charge in [-0.05, 0) is 68.3 Å². The van der Waals surface area contributed by atoms with Gasteiger partial charge in [0.25, 0.3) is 0 Å². The van der Waals surface area contributed by atoms with E-state index in [0.717, 1.165) is 11.1 Å². The van der Waals surface area contributed by atoms with E-state index in [1.165, 1.54) is 0 Å². The fourth-order valence-electron chi connectivity index (χ4n) is 2.83. The van der Waals surface area contributed by atoms with Crippen LogP contribution in [0.4, 0.5) is 0 Å². The summed E-state index contributed by atoms with van der Waals surface area (Å²) in [5.74, 6) is 0.358. The van der Waals surface area contributed by atoms with Crippen molar-refractivity contribution in [1.82, 2.24) is 0 Å². The molecule has 3 rings (SSSR count). The highest BCUT2D eigenvalue weighted by Crippen LogP contribution is 2.32. The molecule has 0 aliphatic carbocycles. The predicted molar refractivity (Wildman–Crippen MR) is 106 cm³/mol. The second-order valence-corrected chi connectivity index (χ2v) is 6.34. The number of benzene rings is 2. The number of aryl methyl sites for hydroxylation is 2. The fraction of sp³-hybridized carbons (Fsp3) is 0.273. The maximum atomic E-state index is 13.1. The van der Waals surface area contributed by atoms with E-state index >= 15 is 0 Å². The lowest BCUT2D eigenvalue weighted by Crippen LogP contribution is -2.19. The highest BCUT2D eigenvalue weighted by Gasteiger charge is 2.20.